The Morgan fingerprint density at radius 1 is 1.33 bits per heavy atom. The summed E-state index contributed by atoms with van der Waals surface area (Å²) < 4.78 is 26.1. The highest BCUT2D eigenvalue weighted by Gasteiger charge is 2.09. The number of hydrogen-bond acceptors (Lipinski definition) is 1. The zero-order chi connectivity index (χ0) is 10.8. The van der Waals surface area contributed by atoms with Gasteiger partial charge in [-0.3, -0.25) is 0 Å². The molecule has 2 aromatic rings. The number of halogens is 3. The van der Waals surface area contributed by atoms with Crippen molar-refractivity contribution in [3.63, 3.8) is 0 Å². The van der Waals surface area contributed by atoms with E-state index in [1.54, 1.807) is 0 Å². The van der Waals surface area contributed by atoms with Gasteiger partial charge in [0.2, 0.25) is 0 Å². The van der Waals surface area contributed by atoms with E-state index in [1.807, 2.05) is 0 Å². The minimum atomic E-state index is -0.640. The second kappa shape index (κ2) is 4.14. The molecular formula is C10H9ClF2N2. The van der Waals surface area contributed by atoms with E-state index in [1.165, 1.54) is 6.07 Å². The lowest BCUT2D eigenvalue weighted by Gasteiger charge is -1.90. The van der Waals surface area contributed by atoms with Crippen molar-refractivity contribution in [2.24, 2.45) is 0 Å². The van der Waals surface area contributed by atoms with Crippen LogP contribution in [-0.4, -0.2) is 15.8 Å². The summed E-state index contributed by atoms with van der Waals surface area (Å²) in [4.78, 5) is 6.90. The van der Waals surface area contributed by atoms with Crippen LogP contribution in [0.5, 0.6) is 0 Å². The first-order valence-electron chi connectivity index (χ1n) is 4.60. The van der Waals surface area contributed by atoms with Gasteiger partial charge in [-0.05, 0) is 12.5 Å². The molecule has 0 atom stereocenters. The van der Waals surface area contributed by atoms with Gasteiger partial charge in [-0.15, -0.1) is 11.6 Å². The molecule has 0 aliphatic carbocycles. The molecule has 2 nitrogen and oxygen atoms in total. The van der Waals surface area contributed by atoms with E-state index in [9.17, 15) is 8.78 Å². The molecule has 0 unspecified atom stereocenters. The number of imidazole rings is 1. The molecule has 0 saturated heterocycles. The smallest absolute Gasteiger partial charge is 0.153 e. The molecule has 0 fully saturated rings. The van der Waals surface area contributed by atoms with E-state index < -0.39 is 11.6 Å². The fraction of sp³-hybridized carbons (Fsp3) is 0.300. The maximum Gasteiger partial charge on any atom is 0.153 e. The van der Waals surface area contributed by atoms with Crippen LogP contribution in [-0.2, 0) is 6.42 Å². The second-order valence-electron chi connectivity index (χ2n) is 3.26. The SMILES string of the molecule is Fc1cc(F)c2nc(CCCCl)[nH]c2c1. The first-order chi connectivity index (χ1) is 7.20. The van der Waals surface area contributed by atoms with Crippen molar-refractivity contribution in [3.05, 3.63) is 29.6 Å². The number of fused-ring (bicyclic) bond motifs is 1. The summed E-state index contributed by atoms with van der Waals surface area (Å²) in [5.41, 5.74) is 0.568. The number of hydrogen-bond donors (Lipinski definition) is 1. The number of aryl methyl sites for hydroxylation is 1. The summed E-state index contributed by atoms with van der Waals surface area (Å²) in [5.74, 6) is -0.0884. The summed E-state index contributed by atoms with van der Waals surface area (Å²) in [6.07, 6.45) is 1.39. The Hall–Kier alpha value is -1.16. The van der Waals surface area contributed by atoms with E-state index in [2.05, 4.69) is 9.97 Å². The maximum absolute atomic E-state index is 13.2. The third-order valence-electron chi connectivity index (χ3n) is 2.10. The number of nitrogens with one attached hydrogen (secondary N) is 1. The summed E-state index contributed by atoms with van der Waals surface area (Å²) in [5, 5.41) is 0. The van der Waals surface area contributed by atoms with Gasteiger partial charge in [-0.25, -0.2) is 13.8 Å². The van der Waals surface area contributed by atoms with Gasteiger partial charge in [0.25, 0.3) is 0 Å². The topological polar surface area (TPSA) is 28.7 Å². The number of alkyl halides is 1. The van der Waals surface area contributed by atoms with E-state index >= 15 is 0 Å². The lowest BCUT2D eigenvalue weighted by atomic mass is 10.3. The van der Waals surface area contributed by atoms with Crippen molar-refractivity contribution in [1.82, 2.24) is 9.97 Å². The van der Waals surface area contributed by atoms with Crippen LogP contribution in [0.25, 0.3) is 11.0 Å². The van der Waals surface area contributed by atoms with Crippen LogP contribution in [0.4, 0.5) is 8.78 Å². The Morgan fingerprint density at radius 3 is 2.87 bits per heavy atom. The minimum Gasteiger partial charge on any atom is -0.342 e. The van der Waals surface area contributed by atoms with E-state index in [4.69, 9.17) is 11.6 Å². The summed E-state index contributed by atoms with van der Waals surface area (Å²) in [6, 6.07) is 2.06. The Kier molecular flexibility index (Phi) is 2.86. The number of aromatic nitrogens is 2. The largest absolute Gasteiger partial charge is 0.342 e. The standard InChI is InChI=1S/C10H9ClF2N2/c11-3-1-2-9-14-8-5-6(12)4-7(13)10(8)15-9/h4-5H,1-3H2,(H,14,15). The van der Waals surface area contributed by atoms with Gasteiger partial charge in [0.15, 0.2) is 5.82 Å². The highest BCUT2D eigenvalue weighted by atomic mass is 35.5. The zero-order valence-electron chi connectivity index (χ0n) is 7.86. The number of rotatable bonds is 3. The average Bonchev–Trinajstić information content (AvgIpc) is 2.57. The Bertz CT molecular complexity index is 481. The van der Waals surface area contributed by atoms with Crippen molar-refractivity contribution in [2.75, 3.05) is 5.88 Å². The fourth-order valence-electron chi connectivity index (χ4n) is 1.45. The second-order valence-corrected chi connectivity index (χ2v) is 3.64. The van der Waals surface area contributed by atoms with Crippen LogP contribution in [0, 0.1) is 11.6 Å². The molecule has 1 N–H and O–H groups in total. The van der Waals surface area contributed by atoms with Crippen LogP contribution in [0.2, 0.25) is 0 Å². The van der Waals surface area contributed by atoms with Gasteiger partial charge in [0.05, 0.1) is 5.52 Å². The van der Waals surface area contributed by atoms with Crippen LogP contribution in [0.1, 0.15) is 12.2 Å². The molecule has 0 radical (unpaired) electrons. The van der Waals surface area contributed by atoms with E-state index in [0.717, 1.165) is 12.5 Å². The van der Waals surface area contributed by atoms with E-state index in [0.29, 0.717) is 23.6 Å². The Morgan fingerprint density at radius 2 is 2.13 bits per heavy atom. The van der Waals surface area contributed by atoms with Crippen molar-refractivity contribution in [3.8, 4) is 0 Å². The average molecular weight is 231 g/mol. The predicted molar refractivity (Wildman–Crippen MR) is 55.1 cm³/mol. The number of H-pyrrole nitrogens is 1. The molecule has 15 heavy (non-hydrogen) atoms. The van der Waals surface area contributed by atoms with Gasteiger partial charge >= 0.3 is 0 Å². The third-order valence-corrected chi connectivity index (χ3v) is 2.37. The Balaban J connectivity index is 2.41. The zero-order valence-corrected chi connectivity index (χ0v) is 8.61. The predicted octanol–water partition coefficient (Wildman–Crippen LogP) is 3.01. The van der Waals surface area contributed by atoms with Gasteiger partial charge in [0.1, 0.15) is 17.2 Å². The monoisotopic (exact) mass is 230 g/mol. The molecule has 0 spiro atoms. The van der Waals surface area contributed by atoms with E-state index in [-0.39, 0.29) is 5.52 Å². The number of aromatic amines is 1. The summed E-state index contributed by atoms with van der Waals surface area (Å²) in [6.45, 7) is 0. The molecule has 1 aromatic carbocycles. The molecule has 0 saturated carbocycles. The molecule has 5 heteroatoms. The molecule has 2 rings (SSSR count). The molecule has 0 aliphatic rings. The van der Waals surface area contributed by atoms with Gasteiger partial charge in [-0.2, -0.15) is 0 Å². The van der Waals surface area contributed by atoms with Crippen LogP contribution in [0.15, 0.2) is 12.1 Å². The first kappa shape index (κ1) is 10.4. The van der Waals surface area contributed by atoms with Crippen molar-refractivity contribution in [1.29, 1.82) is 0 Å². The number of benzene rings is 1. The third kappa shape index (κ3) is 2.09. The quantitative estimate of drug-likeness (QED) is 0.807. The van der Waals surface area contributed by atoms with Gasteiger partial charge in [-0.1, -0.05) is 0 Å². The molecule has 0 aliphatic heterocycles. The summed E-state index contributed by atoms with van der Waals surface area (Å²) >= 11 is 5.53. The normalized spacial score (nSPS) is 11.1. The highest BCUT2D eigenvalue weighted by molar-refractivity contribution is 6.17. The summed E-state index contributed by atoms with van der Waals surface area (Å²) in [7, 11) is 0. The van der Waals surface area contributed by atoms with Gasteiger partial charge < -0.3 is 4.98 Å². The molecule has 0 bridgehead atoms. The van der Waals surface area contributed by atoms with Crippen LogP contribution < -0.4 is 0 Å². The fourth-order valence-corrected chi connectivity index (χ4v) is 1.58. The lowest BCUT2D eigenvalue weighted by molar-refractivity contribution is 0.590. The highest BCUT2D eigenvalue weighted by Crippen LogP contribution is 2.17. The van der Waals surface area contributed by atoms with Crippen molar-refractivity contribution < 1.29 is 8.78 Å². The minimum absolute atomic E-state index is 0.181. The maximum atomic E-state index is 13.2. The van der Waals surface area contributed by atoms with Crippen molar-refractivity contribution >= 4 is 22.6 Å². The van der Waals surface area contributed by atoms with Crippen LogP contribution >= 0.6 is 11.6 Å². The molecule has 1 aromatic heterocycles. The molecule has 0 amide bonds. The van der Waals surface area contributed by atoms with Gasteiger partial charge in [0, 0.05) is 18.4 Å². The molecular weight excluding hydrogens is 222 g/mol. The van der Waals surface area contributed by atoms with Crippen LogP contribution in [0.3, 0.4) is 0 Å². The first-order valence-corrected chi connectivity index (χ1v) is 5.14. The number of nitrogens with zero attached hydrogens (tertiary/aromatic N) is 1. The van der Waals surface area contributed by atoms with Crippen molar-refractivity contribution in [2.45, 2.75) is 12.8 Å². The molecule has 80 valence electrons. The lowest BCUT2D eigenvalue weighted by Crippen LogP contribution is -1.88. The molecule has 1 heterocycles. The Labute approximate surface area is 90.3 Å².